The molecule has 134 valence electrons. The highest BCUT2D eigenvalue weighted by Gasteiger charge is 2.32. The number of H-pyrrole nitrogens is 1. The van der Waals surface area contributed by atoms with Crippen LogP contribution in [0.1, 0.15) is 16.7 Å². The van der Waals surface area contributed by atoms with Gasteiger partial charge in [0, 0.05) is 28.9 Å². The minimum Gasteiger partial charge on any atom is -0.497 e. The monoisotopic (exact) mass is 359 g/mol. The maximum Gasteiger partial charge on any atom is 0.277 e. The minimum atomic E-state index is -0.503. The van der Waals surface area contributed by atoms with Crippen molar-refractivity contribution in [3.63, 3.8) is 0 Å². The first kappa shape index (κ1) is 16.8. The number of hydrogen-bond acceptors (Lipinski definition) is 4. The van der Waals surface area contributed by atoms with E-state index < -0.39 is 11.8 Å². The highest BCUT2D eigenvalue weighted by molar-refractivity contribution is 6.37. The van der Waals surface area contributed by atoms with Gasteiger partial charge in [0.15, 0.2) is 0 Å². The number of hydrogen-bond donors (Lipinski definition) is 2. The van der Waals surface area contributed by atoms with Gasteiger partial charge in [0.2, 0.25) is 0 Å². The Balaban J connectivity index is 1.86. The van der Waals surface area contributed by atoms with Crippen LogP contribution in [0.3, 0.4) is 0 Å². The molecule has 6 nitrogen and oxygen atoms in total. The van der Waals surface area contributed by atoms with Crippen LogP contribution in [0.15, 0.2) is 59.4 Å². The van der Waals surface area contributed by atoms with Crippen LogP contribution in [0.25, 0.3) is 16.5 Å². The van der Waals surface area contributed by atoms with Crippen LogP contribution < -0.4 is 10.1 Å². The lowest BCUT2D eigenvalue weighted by molar-refractivity contribution is -0.123. The topological polar surface area (TPSA) is 83.5 Å². The summed E-state index contributed by atoms with van der Waals surface area (Å²) in [6.07, 6.45) is 3.32. The first-order valence-electron chi connectivity index (χ1n) is 8.43. The Kier molecular flexibility index (Phi) is 4.08. The Hall–Kier alpha value is -3.67. The number of methoxy groups -OCH3 is 1. The summed E-state index contributed by atoms with van der Waals surface area (Å²) >= 11 is 0. The zero-order valence-electron chi connectivity index (χ0n) is 14.9. The summed E-state index contributed by atoms with van der Waals surface area (Å²) in [6, 6.07) is 13.2. The normalized spacial score (nSPS) is 14.4. The number of carbonyl (C=O) groups excluding carboxylic acids is 2. The number of imide groups is 1. The summed E-state index contributed by atoms with van der Waals surface area (Å²) in [6.45, 7) is 1.96. The van der Waals surface area contributed by atoms with Gasteiger partial charge in [-0.25, -0.2) is 4.99 Å². The molecule has 1 aromatic heterocycles. The number of amides is 2. The van der Waals surface area contributed by atoms with Gasteiger partial charge in [-0.3, -0.25) is 14.9 Å². The molecule has 1 aliphatic rings. The highest BCUT2D eigenvalue weighted by Crippen LogP contribution is 2.32. The molecule has 0 unspecified atom stereocenters. The molecule has 0 atom stereocenters. The third kappa shape index (κ3) is 2.91. The van der Waals surface area contributed by atoms with Crippen molar-refractivity contribution in [2.75, 3.05) is 7.11 Å². The number of carbonyl (C=O) groups is 2. The summed E-state index contributed by atoms with van der Waals surface area (Å²) in [4.78, 5) is 32.2. The van der Waals surface area contributed by atoms with Gasteiger partial charge >= 0.3 is 0 Å². The van der Waals surface area contributed by atoms with Gasteiger partial charge in [-0.15, -0.1) is 0 Å². The van der Waals surface area contributed by atoms with Crippen molar-refractivity contribution in [1.29, 1.82) is 0 Å². The van der Waals surface area contributed by atoms with Crippen molar-refractivity contribution in [2.24, 2.45) is 4.99 Å². The van der Waals surface area contributed by atoms with Gasteiger partial charge < -0.3 is 9.72 Å². The van der Waals surface area contributed by atoms with E-state index in [-0.39, 0.29) is 11.3 Å². The molecule has 2 aromatic carbocycles. The SMILES string of the molecule is COc1ccc2[nH]cc(C3=C(N=Cc4ccccc4C)C(=O)NC3=O)c2c1. The molecule has 1 aliphatic heterocycles. The Labute approximate surface area is 155 Å². The second kappa shape index (κ2) is 6.57. The van der Waals surface area contributed by atoms with E-state index >= 15 is 0 Å². The summed E-state index contributed by atoms with van der Waals surface area (Å²) in [5.74, 6) is -0.295. The van der Waals surface area contributed by atoms with Crippen molar-refractivity contribution < 1.29 is 14.3 Å². The second-order valence-electron chi connectivity index (χ2n) is 6.24. The fourth-order valence-corrected chi connectivity index (χ4v) is 3.12. The maximum atomic E-state index is 12.5. The quantitative estimate of drug-likeness (QED) is 0.555. The van der Waals surface area contributed by atoms with Crippen LogP contribution in [-0.2, 0) is 9.59 Å². The minimum absolute atomic E-state index is 0.104. The number of rotatable bonds is 4. The summed E-state index contributed by atoms with van der Waals surface area (Å²) in [5.41, 5.74) is 3.73. The fourth-order valence-electron chi connectivity index (χ4n) is 3.12. The number of aromatic amines is 1. The first-order chi connectivity index (χ1) is 13.1. The molecule has 2 N–H and O–H groups in total. The third-order valence-electron chi connectivity index (χ3n) is 4.59. The maximum absolute atomic E-state index is 12.5. The van der Waals surface area contributed by atoms with Gasteiger partial charge in [-0.1, -0.05) is 24.3 Å². The zero-order chi connectivity index (χ0) is 19.0. The molecule has 4 rings (SSSR count). The predicted octanol–water partition coefficient (Wildman–Crippen LogP) is 2.97. The fraction of sp³-hybridized carbons (Fsp3) is 0.0952. The number of fused-ring (bicyclic) bond motifs is 1. The molecule has 0 fully saturated rings. The van der Waals surface area contributed by atoms with E-state index in [1.807, 2.05) is 49.4 Å². The summed E-state index contributed by atoms with van der Waals surface area (Å²) in [5, 5.41) is 3.13. The van der Waals surface area contributed by atoms with Crippen LogP contribution >= 0.6 is 0 Å². The Morgan fingerprint density at radius 1 is 1.07 bits per heavy atom. The molecule has 27 heavy (non-hydrogen) atoms. The summed E-state index contributed by atoms with van der Waals surface area (Å²) < 4.78 is 5.28. The second-order valence-corrected chi connectivity index (χ2v) is 6.24. The van der Waals surface area contributed by atoms with Crippen molar-refractivity contribution in [3.05, 3.63) is 71.0 Å². The van der Waals surface area contributed by atoms with Gasteiger partial charge in [0.05, 0.1) is 12.7 Å². The van der Waals surface area contributed by atoms with E-state index in [1.165, 1.54) is 0 Å². The number of ether oxygens (including phenoxy) is 1. The summed E-state index contributed by atoms with van der Waals surface area (Å²) in [7, 11) is 1.58. The van der Waals surface area contributed by atoms with E-state index in [0.29, 0.717) is 11.3 Å². The highest BCUT2D eigenvalue weighted by atomic mass is 16.5. The molecule has 0 bridgehead atoms. The van der Waals surface area contributed by atoms with E-state index in [4.69, 9.17) is 4.74 Å². The average Bonchev–Trinajstić information content (AvgIpc) is 3.20. The van der Waals surface area contributed by atoms with Crippen LogP contribution in [0, 0.1) is 6.92 Å². The number of aliphatic imine (C=N–C) groups is 1. The van der Waals surface area contributed by atoms with Crippen molar-refractivity contribution >= 4 is 34.5 Å². The Morgan fingerprint density at radius 3 is 2.67 bits per heavy atom. The van der Waals surface area contributed by atoms with Crippen molar-refractivity contribution in [3.8, 4) is 5.75 Å². The molecular weight excluding hydrogens is 342 g/mol. The van der Waals surface area contributed by atoms with E-state index in [1.54, 1.807) is 19.5 Å². The van der Waals surface area contributed by atoms with E-state index in [0.717, 1.165) is 22.0 Å². The van der Waals surface area contributed by atoms with Gasteiger partial charge in [0.25, 0.3) is 11.8 Å². The first-order valence-corrected chi connectivity index (χ1v) is 8.43. The largest absolute Gasteiger partial charge is 0.497 e. The molecule has 0 saturated heterocycles. The Bertz CT molecular complexity index is 1140. The lowest BCUT2D eigenvalue weighted by Crippen LogP contribution is -2.22. The standard InChI is InChI=1S/C21H17N3O3/c1-12-5-3-4-6-13(12)10-23-19-18(20(25)24-21(19)26)16-11-22-17-8-7-14(27-2)9-15(16)17/h3-11,22H,1-2H3,(H,24,25,26). The van der Waals surface area contributed by atoms with E-state index in [9.17, 15) is 9.59 Å². The van der Waals surface area contributed by atoms with Crippen LogP contribution in [0.5, 0.6) is 5.75 Å². The van der Waals surface area contributed by atoms with Gasteiger partial charge in [-0.2, -0.15) is 0 Å². The number of nitrogens with one attached hydrogen (secondary N) is 2. The van der Waals surface area contributed by atoms with Crippen molar-refractivity contribution in [1.82, 2.24) is 10.3 Å². The molecule has 0 radical (unpaired) electrons. The molecule has 0 spiro atoms. The van der Waals surface area contributed by atoms with Gasteiger partial charge in [0.1, 0.15) is 11.4 Å². The predicted molar refractivity (Wildman–Crippen MR) is 104 cm³/mol. The smallest absolute Gasteiger partial charge is 0.277 e. The molecule has 0 aliphatic carbocycles. The average molecular weight is 359 g/mol. The molecular formula is C21H17N3O3. The molecule has 2 amide bonds. The van der Waals surface area contributed by atoms with Crippen LogP contribution in [-0.4, -0.2) is 30.1 Å². The number of benzene rings is 2. The van der Waals surface area contributed by atoms with Crippen LogP contribution in [0.4, 0.5) is 0 Å². The number of nitrogens with zero attached hydrogens (tertiary/aromatic N) is 1. The van der Waals surface area contributed by atoms with E-state index in [2.05, 4.69) is 15.3 Å². The van der Waals surface area contributed by atoms with Crippen LogP contribution in [0.2, 0.25) is 0 Å². The Morgan fingerprint density at radius 2 is 1.89 bits per heavy atom. The number of aromatic nitrogens is 1. The molecule has 2 heterocycles. The lowest BCUT2D eigenvalue weighted by atomic mass is 10.0. The zero-order valence-corrected chi connectivity index (χ0v) is 14.9. The van der Waals surface area contributed by atoms with Crippen molar-refractivity contribution in [2.45, 2.75) is 6.92 Å². The molecule has 3 aromatic rings. The number of aryl methyl sites for hydroxylation is 1. The van der Waals surface area contributed by atoms with Gasteiger partial charge in [-0.05, 0) is 36.2 Å². The molecule has 6 heteroatoms. The molecule has 0 saturated carbocycles. The lowest BCUT2D eigenvalue weighted by Gasteiger charge is -2.03. The third-order valence-corrected chi connectivity index (χ3v) is 4.59.